The van der Waals surface area contributed by atoms with Crippen molar-refractivity contribution in [3.63, 3.8) is 0 Å². The van der Waals surface area contributed by atoms with Gasteiger partial charge in [0, 0.05) is 23.3 Å². The lowest BCUT2D eigenvalue weighted by Gasteiger charge is -2.09. The SMILES string of the molecule is CC(=O)C=C(O)c1ccc(OCCOc2ccc(/C(O)=C/C(C)=O)cc2)cc1. The van der Waals surface area contributed by atoms with Gasteiger partial charge >= 0.3 is 0 Å². The lowest BCUT2D eigenvalue weighted by atomic mass is 10.1. The fourth-order valence-electron chi connectivity index (χ4n) is 2.31. The van der Waals surface area contributed by atoms with Crippen molar-refractivity contribution in [1.82, 2.24) is 0 Å². The number of ketones is 2. The Morgan fingerprint density at radius 3 is 1.32 bits per heavy atom. The second-order valence-electron chi connectivity index (χ2n) is 6.03. The topological polar surface area (TPSA) is 93.1 Å². The largest absolute Gasteiger partial charge is 0.507 e. The average Bonchev–Trinajstić information content (AvgIpc) is 2.65. The van der Waals surface area contributed by atoms with Crippen molar-refractivity contribution in [2.75, 3.05) is 13.2 Å². The normalized spacial score (nSPS) is 11.8. The molecule has 0 aliphatic heterocycles. The maximum atomic E-state index is 11.0. The van der Waals surface area contributed by atoms with Crippen molar-refractivity contribution in [1.29, 1.82) is 0 Å². The first kappa shape index (κ1) is 20.8. The molecule has 0 bridgehead atoms. The maximum Gasteiger partial charge on any atom is 0.156 e. The Kier molecular flexibility index (Phi) is 7.39. The summed E-state index contributed by atoms with van der Waals surface area (Å²) in [6.07, 6.45) is 2.31. The molecular weight excluding hydrogens is 360 g/mol. The van der Waals surface area contributed by atoms with Gasteiger partial charge in [-0.3, -0.25) is 9.59 Å². The maximum absolute atomic E-state index is 11.0. The van der Waals surface area contributed by atoms with Crippen LogP contribution < -0.4 is 9.47 Å². The van der Waals surface area contributed by atoms with Crippen LogP contribution in [0.5, 0.6) is 11.5 Å². The number of carbonyl (C=O) groups excluding carboxylic acids is 2. The summed E-state index contributed by atoms with van der Waals surface area (Å²) < 4.78 is 11.1. The number of hydrogen-bond acceptors (Lipinski definition) is 6. The van der Waals surface area contributed by atoms with E-state index in [1.807, 2.05) is 0 Å². The van der Waals surface area contributed by atoms with E-state index in [2.05, 4.69) is 0 Å². The zero-order chi connectivity index (χ0) is 20.5. The molecule has 2 N–H and O–H groups in total. The number of aliphatic hydroxyl groups excluding tert-OH is 2. The number of carbonyl (C=O) groups is 2. The van der Waals surface area contributed by atoms with Gasteiger partial charge in [0.2, 0.25) is 0 Å². The first-order valence-corrected chi connectivity index (χ1v) is 8.64. The molecule has 0 atom stereocenters. The van der Waals surface area contributed by atoms with Crippen LogP contribution in [0, 0.1) is 0 Å². The van der Waals surface area contributed by atoms with E-state index in [4.69, 9.17) is 9.47 Å². The number of hydrogen-bond donors (Lipinski definition) is 2. The van der Waals surface area contributed by atoms with Crippen LogP contribution in [0.2, 0.25) is 0 Å². The number of benzene rings is 2. The molecule has 2 aromatic rings. The van der Waals surface area contributed by atoms with E-state index in [0.717, 1.165) is 12.2 Å². The highest BCUT2D eigenvalue weighted by atomic mass is 16.5. The van der Waals surface area contributed by atoms with Gasteiger partial charge in [0.1, 0.15) is 36.2 Å². The highest BCUT2D eigenvalue weighted by Gasteiger charge is 2.03. The van der Waals surface area contributed by atoms with Crippen molar-refractivity contribution >= 4 is 23.1 Å². The standard InChI is InChI=1S/C22H22O6/c1-15(23)13-21(25)17-3-7-19(8-4-17)27-11-12-28-20-9-5-18(6-10-20)22(26)14-16(2)24/h3-10,13-14,25-26H,11-12H2,1-2H3/b21-13-,22-14?. The number of ether oxygens (including phenoxy) is 2. The molecule has 28 heavy (non-hydrogen) atoms. The molecule has 6 heteroatoms. The molecule has 0 saturated carbocycles. The molecule has 0 heterocycles. The Hall–Kier alpha value is -3.54. The van der Waals surface area contributed by atoms with E-state index in [1.54, 1.807) is 48.5 Å². The Bertz CT molecular complexity index is 801. The predicted molar refractivity (Wildman–Crippen MR) is 106 cm³/mol. The second kappa shape index (κ2) is 9.97. The molecule has 0 aliphatic rings. The van der Waals surface area contributed by atoms with Gasteiger partial charge in [-0.15, -0.1) is 0 Å². The summed E-state index contributed by atoms with van der Waals surface area (Å²) in [5.74, 6) is 0.585. The lowest BCUT2D eigenvalue weighted by molar-refractivity contribution is -0.113. The van der Waals surface area contributed by atoms with Crippen molar-refractivity contribution in [3.8, 4) is 11.5 Å². The zero-order valence-electron chi connectivity index (χ0n) is 15.7. The highest BCUT2D eigenvalue weighted by Crippen LogP contribution is 2.19. The van der Waals surface area contributed by atoms with E-state index < -0.39 is 0 Å². The molecule has 0 saturated heterocycles. The van der Waals surface area contributed by atoms with Crippen LogP contribution in [0.3, 0.4) is 0 Å². The third kappa shape index (κ3) is 6.64. The van der Waals surface area contributed by atoms with Crippen LogP contribution in [-0.2, 0) is 9.59 Å². The summed E-state index contributed by atoms with van der Waals surface area (Å²) in [4.78, 5) is 22.0. The Labute approximate surface area is 163 Å². The minimum atomic E-state index is -0.229. The zero-order valence-corrected chi connectivity index (χ0v) is 15.7. The van der Waals surface area contributed by atoms with Crippen LogP contribution >= 0.6 is 0 Å². The van der Waals surface area contributed by atoms with E-state index in [-0.39, 0.29) is 23.1 Å². The Morgan fingerprint density at radius 1 is 0.714 bits per heavy atom. The summed E-state index contributed by atoms with van der Waals surface area (Å²) >= 11 is 0. The molecule has 0 unspecified atom stereocenters. The van der Waals surface area contributed by atoms with E-state index in [9.17, 15) is 19.8 Å². The summed E-state index contributed by atoms with van der Waals surface area (Å²) in [5.41, 5.74) is 1.06. The van der Waals surface area contributed by atoms with Gasteiger partial charge in [-0.1, -0.05) is 0 Å². The number of allylic oxidation sites excluding steroid dienone is 2. The van der Waals surface area contributed by atoms with Gasteiger partial charge < -0.3 is 19.7 Å². The fraction of sp³-hybridized carbons (Fsp3) is 0.182. The third-order valence-corrected chi connectivity index (χ3v) is 3.60. The molecule has 0 aliphatic carbocycles. The van der Waals surface area contributed by atoms with Crippen LogP contribution in [0.1, 0.15) is 25.0 Å². The van der Waals surface area contributed by atoms with Gasteiger partial charge in [0.25, 0.3) is 0 Å². The van der Waals surface area contributed by atoms with Gasteiger partial charge in [-0.25, -0.2) is 0 Å². The van der Waals surface area contributed by atoms with E-state index >= 15 is 0 Å². The predicted octanol–water partition coefficient (Wildman–Crippen LogP) is 4.12. The summed E-state index contributed by atoms with van der Waals surface area (Å²) in [6, 6.07) is 13.4. The quantitative estimate of drug-likeness (QED) is 0.385. The molecule has 6 nitrogen and oxygen atoms in total. The van der Waals surface area contributed by atoms with Crippen LogP contribution in [0.25, 0.3) is 11.5 Å². The van der Waals surface area contributed by atoms with Crippen LogP contribution in [-0.4, -0.2) is 35.0 Å². The first-order chi connectivity index (χ1) is 13.3. The van der Waals surface area contributed by atoms with Crippen molar-refractivity contribution in [2.45, 2.75) is 13.8 Å². The highest BCUT2D eigenvalue weighted by molar-refractivity contribution is 5.93. The molecule has 146 valence electrons. The molecule has 0 amide bonds. The van der Waals surface area contributed by atoms with Crippen molar-refractivity contribution in [2.24, 2.45) is 0 Å². The number of aliphatic hydroxyl groups is 2. The summed E-state index contributed by atoms with van der Waals surface area (Å²) in [5, 5.41) is 19.5. The Balaban J connectivity index is 1.81. The third-order valence-electron chi connectivity index (χ3n) is 3.60. The molecule has 2 rings (SSSR count). The van der Waals surface area contributed by atoms with Crippen LogP contribution in [0.15, 0.2) is 60.7 Å². The smallest absolute Gasteiger partial charge is 0.156 e. The molecule has 0 fully saturated rings. The van der Waals surface area contributed by atoms with Gasteiger partial charge in [-0.2, -0.15) is 0 Å². The van der Waals surface area contributed by atoms with Crippen molar-refractivity contribution in [3.05, 3.63) is 71.8 Å². The second-order valence-corrected chi connectivity index (χ2v) is 6.03. The number of rotatable bonds is 9. The molecular formula is C22H22O6. The minimum absolute atomic E-state index is 0.0879. The molecule has 0 aromatic heterocycles. The van der Waals surface area contributed by atoms with E-state index in [1.165, 1.54) is 13.8 Å². The molecule has 0 radical (unpaired) electrons. The summed E-state index contributed by atoms with van der Waals surface area (Å²) in [6.45, 7) is 3.36. The minimum Gasteiger partial charge on any atom is -0.507 e. The van der Waals surface area contributed by atoms with Crippen molar-refractivity contribution < 1.29 is 29.3 Å². The fourth-order valence-corrected chi connectivity index (χ4v) is 2.31. The van der Waals surface area contributed by atoms with Gasteiger partial charge in [0.05, 0.1) is 0 Å². The summed E-state index contributed by atoms with van der Waals surface area (Å²) in [7, 11) is 0. The monoisotopic (exact) mass is 382 g/mol. The first-order valence-electron chi connectivity index (χ1n) is 8.64. The lowest BCUT2D eigenvalue weighted by Crippen LogP contribution is -2.09. The molecule has 0 spiro atoms. The average molecular weight is 382 g/mol. The molecule has 2 aromatic carbocycles. The van der Waals surface area contributed by atoms with Gasteiger partial charge in [-0.05, 0) is 62.4 Å². The Morgan fingerprint density at radius 2 is 1.04 bits per heavy atom. The van der Waals surface area contributed by atoms with Crippen LogP contribution in [0.4, 0.5) is 0 Å². The van der Waals surface area contributed by atoms with E-state index in [0.29, 0.717) is 35.8 Å². The van der Waals surface area contributed by atoms with Gasteiger partial charge in [0.15, 0.2) is 11.6 Å².